The monoisotopic (exact) mass is 266 g/mol. The number of aryl methyl sites for hydroxylation is 1. The second-order valence-corrected chi connectivity index (χ2v) is 4.60. The number of hydrogen-bond acceptors (Lipinski definition) is 6. The van der Waals surface area contributed by atoms with Crippen molar-refractivity contribution in [2.45, 2.75) is 26.5 Å². The quantitative estimate of drug-likeness (QED) is 0.833. The molecule has 0 aliphatic carbocycles. The fourth-order valence-corrected chi connectivity index (χ4v) is 2.19. The number of carbonyl (C=O) groups is 1. The molecule has 0 aromatic carbocycles. The Kier molecular flexibility index (Phi) is 3.93. The van der Waals surface area contributed by atoms with Crippen LogP contribution in [0.1, 0.15) is 28.8 Å². The lowest BCUT2D eigenvalue weighted by Gasteiger charge is -2.05. The number of nitrogens with two attached hydrogens (primary N) is 1. The maximum Gasteiger partial charge on any atom is 0.350 e. The molecule has 2 heterocycles. The van der Waals surface area contributed by atoms with Crippen LogP contribution in [0.3, 0.4) is 0 Å². The average molecular weight is 266 g/mol. The van der Waals surface area contributed by atoms with Crippen LogP contribution in [0.2, 0.25) is 0 Å². The van der Waals surface area contributed by atoms with Crippen LogP contribution in [0.15, 0.2) is 17.8 Å². The zero-order valence-electron chi connectivity index (χ0n) is 10.00. The molecule has 7 heteroatoms. The molecule has 6 nitrogen and oxygen atoms in total. The van der Waals surface area contributed by atoms with E-state index in [1.807, 2.05) is 6.92 Å². The minimum atomic E-state index is -0.423. The van der Waals surface area contributed by atoms with Crippen molar-refractivity contribution >= 4 is 23.0 Å². The standard InChI is InChI=1S/C11H14N4O2S/c1-2-4-15-9(13-7-14-15)6-17-11(16)10-8(12)3-5-18-10/h3,5,7H,2,4,6,12H2,1H3. The van der Waals surface area contributed by atoms with Gasteiger partial charge in [0.1, 0.15) is 11.2 Å². The Bertz CT molecular complexity index is 535. The first kappa shape index (κ1) is 12.6. The van der Waals surface area contributed by atoms with Gasteiger partial charge in [-0.1, -0.05) is 6.92 Å². The van der Waals surface area contributed by atoms with E-state index in [2.05, 4.69) is 10.1 Å². The highest BCUT2D eigenvalue weighted by molar-refractivity contribution is 7.12. The summed E-state index contributed by atoms with van der Waals surface area (Å²) in [5, 5.41) is 5.81. The summed E-state index contributed by atoms with van der Waals surface area (Å²) in [5.41, 5.74) is 6.09. The topological polar surface area (TPSA) is 83.0 Å². The third-order valence-corrected chi connectivity index (χ3v) is 3.25. The van der Waals surface area contributed by atoms with Crippen LogP contribution >= 0.6 is 11.3 Å². The molecule has 0 saturated heterocycles. The minimum Gasteiger partial charge on any atom is -0.453 e. The van der Waals surface area contributed by atoms with Gasteiger partial charge in [-0.15, -0.1) is 11.3 Å². The van der Waals surface area contributed by atoms with Crippen molar-refractivity contribution in [1.29, 1.82) is 0 Å². The fraction of sp³-hybridized carbons (Fsp3) is 0.364. The molecule has 0 amide bonds. The van der Waals surface area contributed by atoms with E-state index in [1.165, 1.54) is 17.7 Å². The molecule has 0 aliphatic rings. The summed E-state index contributed by atoms with van der Waals surface area (Å²) >= 11 is 1.27. The van der Waals surface area contributed by atoms with E-state index in [0.717, 1.165) is 13.0 Å². The third kappa shape index (κ3) is 2.67. The molecule has 0 bridgehead atoms. The number of ether oxygens (including phenoxy) is 1. The second-order valence-electron chi connectivity index (χ2n) is 3.68. The van der Waals surface area contributed by atoms with Crippen LogP contribution in [0.25, 0.3) is 0 Å². The predicted molar refractivity (Wildman–Crippen MR) is 68.2 cm³/mol. The van der Waals surface area contributed by atoms with Gasteiger partial charge in [0.25, 0.3) is 0 Å². The number of thiophene rings is 1. The van der Waals surface area contributed by atoms with E-state index in [0.29, 0.717) is 16.4 Å². The lowest BCUT2D eigenvalue weighted by atomic mass is 10.4. The molecule has 96 valence electrons. The zero-order chi connectivity index (χ0) is 13.0. The SMILES string of the molecule is CCCn1ncnc1COC(=O)c1sccc1N. The summed E-state index contributed by atoms with van der Waals surface area (Å²) < 4.78 is 6.89. The summed E-state index contributed by atoms with van der Waals surface area (Å²) in [7, 11) is 0. The summed E-state index contributed by atoms with van der Waals surface area (Å²) in [6, 6.07) is 1.68. The van der Waals surface area contributed by atoms with Crippen LogP contribution in [-0.4, -0.2) is 20.7 Å². The van der Waals surface area contributed by atoms with Crippen LogP contribution in [-0.2, 0) is 17.9 Å². The molecule has 0 saturated carbocycles. The first-order valence-corrected chi connectivity index (χ1v) is 6.47. The summed E-state index contributed by atoms with van der Waals surface area (Å²) in [5.74, 6) is 0.217. The Morgan fingerprint density at radius 3 is 3.11 bits per heavy atom. The first-order chi connectivity index (χ1) is 8.72. The van der Waals surface area contributed by atoms with Gasteiger partial charge in [0.2, 0.25) is 0 Å². The van der Waals surface area contributed by atoms with Crippen molar-refractivity contribution in [3.63, 3.8) is 0 Å². The van der Waals surface area contributed by atoms with Crippen LogP contribution in [0, 0.1) is 0 Å². The van der Waals surface area contributed by atoms with Gasteiger partial charge in [0.05, 0.1) is 5.69 Å². The zero-order valence-corrected chi connectivity index (χ0v) is 10.8. The lowest BCUT2D eigenvalue weighted by Crippen LogP contribution is -2.11. The van der Waals surface area contributed by atoms with Crippen LogP contribution in [0.5, 0.6) is 0 Å². The van der Waals surface area contributed by atoms with E-state index in [1.54, 1.807) is 16.1 Å². The van der Waals surface area contributed by atoms with E-state index < -0.39 is 5.97 Å². The van der Waals surface area contributed by atoms with Gasteiger partial charge in [-0.3, -0.25) is 0 Å². The maximum atomic E-state index is 11.7. The summed E-state index contributed by atoms with van der Waals surface area (Å²) in [6.07, 6.45) is 2.40. The fourth-order valence-electron chi connectivity index (χ4n) is 1.48. The second kappa shape index (κ2) is 5.63. The van der Waals surface area contributed by atoms with E-state index in [-0.39, 0.29) is 6.61 Å². The molecule has 2 N–H and O–H groups in total. The number of hydrogen-bond donors (Lipinski definition) is 1. The highest BCUT2D eigenvalue weighted by atomic mass is 32.1. The molecule has 0 unspecified atom stereocenters. The van der Waals surface area contributed by atoms with Crippen molar-refractivity contribution < 1.29 is 9.53 Å². The largest absolute Gasteiger partial charge is 0.453 e. The van der Waals surface area contributed by atoms with Crippen LogP contribution in [0.4, 0.5) is 5.69 Å². The lowest BCUT2D eigenvalue weighted by molar-refractivity contribution is 0.0463. The number of nitrogen functional groups attached to an aromatic ring is 1. The molecular formula is C11H14N4O2S. The molecule has 0 atom stereocenters. The Balaban J connectivity index is 1.97. The summed E-state index contributed by atoms with van der Waals surface area (Å²) in [6.45, 7) is 2.91. The van der Waals surface area contributed by atoms with E-state index in [9.17, 15) is 4.79 Å². The van der Waals surface area contributed by atoms with Gasteiger partial charge >= 0.3 is 5.97 Å². The number of rotatable bonds is 5. The number of aromatic nitrogens is 3. The van der Waals surface area contributed by atoms with E-state index in [4.69, 9.17) is 10.5 Å². The van der Waals surface area contributed by atoms with Gasteiger partial charge in [-0.25, -0.2) is 14.5 Å². The van der Waals surface area contributed by atoms with Crippen molar-refractivity contribution in [3.8, 4) is 0 Å². The molecule has 18 heavy (non-hydrogen) atoms. The average Bonchev–Trinajstić information content (AvgIpc) is 2.96. The molecular weight excluding hydrogens is 252 g/mol. The van der Waals surface area contributed by atoms with Crippen molar-refractivity contribution in [2.75, 3.05) is 5.73 Å². The molecule has 2 aromatic rings. The predicted octanol–water partition coefficient (Wildman–Crippen LogP) is 1.69. The Morgan fingerprint density at radius 1 is 1.61 bits per heavy atom. The van der Waals surface area contributed by atoms with Gasteiger partial charge in [-0.05, 0) is 17.9 Å². The maximum absolute atomic E-state index is 11.7. The summed E-state index contributed by atoms with van der Waals surface area (Å²) in [4.78, 5) is 16.2. The first-order valence-electron chi connectivity index (χ1n) is 5.59. The Labute approximate surface area is 108 Å². The van der Waals surface area contributed by atoms with Gasteiger partial charge in [0.15, 0.2) is 12.4 Å². The number of carbonyl (C=O) groups excluding carboxylic acids is 1. The highest BCUT2D eigenvalue weighted by Crippen LogP contribution is 2.20. The number of anilines is 1. The smallest absolute Gasteiger partial charge is 0.350 e. The third-order valence-electron chi connectivity index (χ3n) is 2.34. The number of esters is 1. The molecule has 0 aliphatic heterocycles. The van der Waals surface area contributed by atoms with E-state index >= 15 is 0 Å². The molecule has 2 aromatic heterocycles. The van der Waals surface area contributed by atoms with Gasteiger partial charge in [0, 0.05) is 6.54 Å². The molecule has 2 rings (SSSR count). The van der Waals surface area contributed by atoms with Crippen molar-refractivity contribution in [3.05, 3.63) is 28.5 Å². The molecule has 0 radical (unpaired) electrons. The molecule has 0 spiro atoms. The van der Waals surface area contributed by atoms with Crippen molar-refractivity contribution in [2.24, 2.45) is 0 Å². The van der Waals surface area contributed by atoms with Gasteiger partial charge in [-0.2, -0.15) is 5.10 Å². The van der Waals surface area contributed by atoms with Crippen LogP contribution < -0.4 is 5.73 Å². The highest BCUT2D eigenvalue weighted by Gasteiger charge is 2.14. The Hall–Kier alpha value is -1.89. The number of nitrogens with zero attached hydrogens (tertiary/aromatic N) is 3. The Morgan fingerprint density at radius 2 is 2.44 bits per heavy atom. The normalized spacial score (nSPS) is 10.5. The van der Waals surface area contributed by atoms with Gasteiger partial charge < -0.3 is 10.5 Å². The minimum absolute atomic E-state index is 0.107. The van der Waals surface area contributed by atoms with Crippen molar-refractivity contribution in [1.82, 2.24) is 14.8 Å². The molecule has 0 fully saturated rings.